The summed E-state index contributed by atoms with van der Waals surface area (Å²) >= 11 is 1.42. The molecule has 146 valence electrons. The second kappa shape index (κ2) is 8.01. The van der Waals surface area contributed by atoms with Gasteiger partial charge in [0.2, 0.25) is 11.8 Å². The number of anilines is 1. The van der Waals surface area contributed by atoms with Gasteiger partial charge in [-0.15, -0.1) is 0 Å². The molecule has 0 aliphatic rings. The SMILES string of the molecule is Cc1ccc2nc(NC(=O)[C@H](C)NC(=O)Cc3cccc4ccccc34)sc2c1. The molecule has 4 rings (SSSR count). The van der Waals surface area contributed by atoms with Crippen molar-refractivity contribution in [3.05, 3.63) is 71.8 Å². The van der Waals surface area contributed by atoms with Crippen molar-refractivity contribution in [2.24, 2.45) is 0 Å². The number of fused-ring (bicyclic) bond motifs is 2. The van der Waals surface area contributed by atoms with E-state index in [0.717, 1.165) is 32.1 Å². The van der Waals surface area contributed by atoms with Crippen molar-refractivity contribution in [1.29, 1.82) is 0 Å². The van der Waals surface area contributed by atoms with E-state index in [0.29, 0.717) is 5.13 Å². The van der Waals surface area contributed by atoms with E-state index in [1.165, 1.54) is 11.3 Å². The first kappa shape index (κ1) is 19.1. The molecular formula is C23H21N3O2S. The van der Waals surface area contributed by atoms with E-state index in [1.54, 1.807) is 6.92 Å². The number of aromatic nitrogens is 1. The van der Waals surface area contributed by atoms with Gasteiger partial charge in [0, 0.05) is 0 Å². The van der Waals surface area contributed by atoms with Crippen LogP contribution < -0.4 is 10.6 Å². The van der Waals surface area contributed by atoms with Crippen molar-refractivity contribution in [3.8, 4) is 0 Å². The zero-order valence-corrected chi connectivity index (χ0v) is 17.0. The third-order valence-electron chi connectivity index (χ3n) is 4.78. The van der Waals surface area contributed by atoms with Gasteiger partial charge in [0.05, 0.1) is 16.6 Å². The van der Waals surface area contributed by atoms with Gasteiger partial charge >= 0.3 is 0 Å². The Balaban J connectivity index is 1.40. The van der Waals surface area contributed by atoms with Crippen molar-refractivity contribution < 1.29 is 9.59 Å². The highest BCUT2D eigenvalue weighted by molar-refractivity contribution is 7.22. The Morgan fingerprint density at radius 1 is 1.07 bits per heavy atom. The lowest BCUT2D eigenvalue weighted by atomic mass is 10.0. The van der Waals surface area contributed by atoms with Crippen LogP contribution in [0.2, 0.25) is 0 Å². The number of hydrogen-bond acceptors (Lipinski definition) is 4. The Bertz CT molecular complexity index is 1210. The normalized spacial score (nSPS) is 12.1. The van der Waals surface area contributed by atoms with Crippen LogP contribution in [-0.4, -0.2) is 22.8 Å². The lowest BCUT2D eigenvalue weighted by Crippen LogP contribution is -2.42. The number of carbonyl (C=O) groups excluding carboxylic acids is 2. The number of nitrogens with one attached hydrogen (secondary N) is 2. The molecule has 0 fully saturated rings. The molecule has 0 radical (unpaired) electrons. The van der Waals surface area contributed by atoms with Crippen LogP contribution in [0, 0.1) is 6.92 Å². The van der Waals surface area contributed by atoms with Crippen molar-refractivity contribution in [2.75, 3.05) is 5.32 Å². The molecule has 2 N–H and O–H groups in total. The molecular weight excluding hydrogens is 382 g/mol. The summed E-state index contributed by atoms with van der Waals surface area (Å²) in [7, 11) is 0. The Morgan fingerprint density at radius 3 is 2.72 bits per heavy atom. The van der Waals surface area contributed by atoms with E-state index < -0.39 is 6.04 Å². The summed E-state index contributed by atoms with van der Waals surface area (Å²) in [5, 5.41) is 8.26. The van der Waals surface area contributed by atoms with Gasteiger partial charge < -0.3 is 10.6 Å². The fraction of sp³-hybridized carbons (Fsp3) is 0.174. The minimum Gasteiger partial charge on any atom is -0.344 e. The third-order valence-corrected chi connectivity index (χ3v) is 5.71. The maximum absolute atomic E-state index is 12.5. The summed E-state index contributed by atoms with van der Waals surface area (Å²) in [6.45, 7) is 3.69. The number of nitrogens with zero attached hydrogens (tertiary/aromatic N) is 1. The molecule has 6 heteroatoms. The van der Waals surface area contributed by atoms with Crippen molar-refractivity contribution >= 4 is 49.3 Å². The number of thiazole rings is 1. The summed E-state index contributed by atoms with van der Waals surface area (Å²) in [5.74, 6) is -0.476. The molecule has 29 heavy (non-hydrogen) atoms. The lowest BCUT2D eigenvalue weighted by molar-refractivity contribution is -0.125. The van der Waals surface area contributed by atoms with Gasteiger partial charge in [-0.3, -0.25) is 9.59 Å². The molecule has 3 aromatic carbocycles. The van der Waals surface area contributed by atoms with Crippen LogP contribution in [0.1, 0.15) is 18.1 Å². The van der Waals surface area contributed by atoms with E-state index >= 15 is 0 Å². The second-order valence-electron chi connectivity index (χ2n) is 7.08. The van der Waals surface area contributed by atoms with Crippen molar-refractivity contribution in [1.82, 2.24) is 10.3 Å². The number of hydrogen-bond donors (Lipinski definition) is 2. The summed E-state index contributed by atoms with van der Waals surface area (Å²) in [6.07, 6.45) is 0.222. The summed E-state index contributed by atoms with van der Waals surface area (Å²) in [6, 6.07) is 19.2. The fourth-order valence-electron chi connectivity index (χ4n) is 3.28. The van der Waals surface area contributed by atoms with Crippen LogP contribution in [0.3, 0.4) is 0 Å². The van der Waals surface area contributed by atoms with Gasteiger partial charge in [-0.05, 0) is 47.9 Å². The molecule has 0 bridgehead atoms. The first-order valence-electron chi connectivity index (χ1n) is 9.43. The van der Waals surface area contributed by atoms with E-state index in [2.05, 4.69) is 15.6 Å². The quantitative estimate of drug-likeness (QED) is 0.517. The predicted molar refractivity (Wildman–Crippen MR) is 118 cm³/mol. The minimum atomic E-state index is -0.661. The Morgan fingerprint density at radius 2 is 1.86 bits per heavy atom. The van der Waals surface area contributed by atoms with Gasteiger partial charge in [0.25, 0.3) is 0 Å². The first-order valence-corrected chi connectivity index (χ1v) is 10.3. The van der Waals surface area contributed by atoms with Crippen LogP contribution in [0.15, 0.2) is 60.7 Å². The van der Waals surface area contributed by atoms with Crippen LogP contribution in [0.25, 0.3) is 21.0 Å². The van der Waals surface area contributed by atoms with Gasteiger partial charge in [-0.25, -0.2) is 4.98 Å². The highest BCUT2D eigenvalue weighted by Gasteiger charge is 2.18. The lowest BCUT2D eigenvalue weighted by Gasteiger charge is -2.13. The molecule has 4 aromatic rings. The molecule has 5 nitrogen and oxygen atoms in total. The Kier molecular flexibility index (Phi) is 5.27. The predicted octanol–water partition coefficient (Wildman–Crippen LogP) is 4.44. The molecule has 0 spiro atoms. The topological polar surface area (TPSA) is 71.1 Å². The van der Waals surface area contributed by atoms with E-state index in [1.807, 2.05) is 67.6 Å². The van der Waals surface area contributed by atoms with Gasteiger partial charge in [-0.1, -0.05) is 59.9 Å². The number of rotatable bonds is 5. The monoisotopic (exact) mass is 403 g/mol. The largest absolute Gasteiger partial charge is 0.344 e. The minimum absolute atomic E-state index is 0.191. The smallest absolute Gasteiger partial charge is 0.248 e. The van der Waals surface area contributed by atoms with Crippen LogP contribution >= 0.6 is 11.3 Å². The number of carbonyl (C=O) groups is 2. The van der Waals surface area contributed by atoms with E-state index in [-0.39, 0.29) is 18.2 Å². The molecule has 0 saturated carbocycles. The molecule has 2 amide bonds. The van der Waals surface area contributed by atoms with Gasteiger partial charge in [0.15, 0.2) is 5.13 Å². The summed E-state index contributed by atoms with van der Waals surface area (Å²) in [5.41, 5.74) is 2.94. The standard InChI is InChI=1S/C23H21N3O2S/c1-14-10-11-19-20(12-14)29-23(25-19)26-22(28)15(2)24-21(27)13-17-8-5-7-16-6-3-4-9-18(16)17/h3-12,15H,13H2,1-2H3,(H,24,27)(H,25,26,28)/t15-/m0/s1. The van der Waals surface area contributed by atoms with E-state index in [4.69, 9.17) is 0 Å². The van der Waals surface area contributed by atoms with Gasteiger partial charge in [-0.2, -0.15) is 0 Å². The van der Waals surface area contributed by atoms with Crippen molar-refractivity contribution in [2.45, 2.75) is 26.3 Å². The fourth-order valence-corrected chi connectivity index (χ4v) is 4.24. The van der Waals surface area contributed by atoms with Crippen LogP contribution in [0.4, 0.5) is 5.13 Å². The molecule has 1 atom stereocenters. The first-order chi connectivity index (χ1) is 14.0. The van der Waals surface area contributed by atoms with E-state index in [9.17, 15) is 9.59 Å². The number of amides is 2. The molecule has 0 aliphatic carbocycles. The highest BCUT2D eigenvalue weighted by atomic mass is 32.1. The number of benzene rings is 3. The summed E-state index contributed by atoms with van der Waals surface area (Å²) < 4.78 is 1.02. The Hall–Kier alpha value is -3.25. The zero-order valence-electron chi connectivity index (χ0n) is 16.2. The van der Waals surface area contributed by atoms with Crippen molar-refractivity contribution in [3.63, 3.8) is 0 Å². The second-order valence-corrected chi connectivity index (χ2v) is 8.11. The average molecular weight is 404 g/mol. The zero-order chi connectivity index (χ0) is 20.4. The molecule has 0 unspecified atom stereocenters. The summed E-state index contributed by atoms with van der Waals surface area (Å²) in [4.78, 5) is 29.4. The maximum atomic E-state index is 12.5. The van der Waals surface area contributed by atoms with Gasteiger partial charge in [0.1, 0.15) is 6.04 Å². The highest BCUT2D eigenvalue weighted by Crippen LogP contribution is 2.26. The average Bonchev–Trinajstić information content (AvgIpc) is 3.09. The van der Waals surface area contributed by atoms with Crippen LogP contribution in [-0.2, 0) is 16.0 Å². The van der Waals surface area contributed by atoms with Crippen LogP contribution in [0.5, 0.6) is 0 Å². The maximum Gasteiger partial charge on any atom is 0.248 e. The molecule has 1 aromatic heterocycles. The molecule has 0 saturated heterocycles. The third kappa shape index (κ3) is 4.27. The Labute approximate surface area is 172 Å². The molecule has 0 aliphatic heterocycles. The molecule has 1 heterocycles. The number of aryl methyl sites for hydroxylation is 1.